The number of aliphatic hydroxyl groups is 1. The summed E-state index contributed by atoms with van der Waals surface area (Å²) in [5, 5.41) is 18.5. The highest BCUT2D eigenvalue weighted by Gasteiger charge is 2.33. The maximum absolute atomic E-state index is 12.2. The fourth-order valence-electron chi connectivity index (χ4n) is 4.17. The number of aliphatic carboxylic acids is 1. The number of aliphatic hydroxyl groups excluding tert-OH is 1. The summed E-state index contributed by atoms with van der Waals surface area (Å²) in [6.07, 6.45) is 13.2. The smallest absolute Gasteiger partial charge is 0.481 e. The van der Waals surface area contributed by atoms with Gasteiger partial charge >= 0.3 is 18.0 Å². The highest BCUT2D eigenvalue weighted by Crippen LogP contribution is 2.40. The largest absolute Gasteiger partial charge is 0.516 e. The molecule has 0 aromatic heterocycles. The lowest BCUT2D eigenvalue weighted by Crippen LogP contribution is -2.51. The van der Waals surface area contributed by atoms with Crippen molar-refractivity contribution in [3.05, 3.63) is 58.7 Å². The van der Waals surface area contributed by atoms with Gasteiger partial charge in [0.15, 0.2) is 6.61 Å². The molecule has 37 heavy (non-hydrogen) atoms. The number of hydrogen-bond acceptors (Lipinski definition) is 6. The standard InChI is InChI=1S/C29H43NO7/c1-21(13-14-25-23(3)12-9-16-29(25,4)5)10-8-11-22(2)15-17-36-27(34)20-37-28(35)30(6,7)19-24(31)18-26(32)33/h8,10-11,13-15,24,31H,9,12,16-20H2,1-7H3/p+1/b11-8+,14-13+,21-10-,22-15-. The monoisotopic (exact) mass is 518 g/mol. The Balaban J connectivity index is 2.48. The lowest BCUT2D eigenvalue weighted by atomic mass is 9.72. The highest BCUT2D eigenvalue weighted by molar-refractivity contribution is 5.73. The van der Waals surface area contributed by atoms with Gasteiger partial charge < -0.3 is 19.7 Å². The van der Waals surface area contributed by atoms with Crippen LogP contribution in [0.4, 0.5) is 4.79 Å². The van der Waals surface area contributed by atoms with E-state index in [0.29, 0.717) is 0 Å². The number of esters is 1. The first-order valence-electron chi connectivity index (χ1n) is 12.6. The van der Waals surface area contributed by atoms with E-state index >= 15 is 0 Å². The third-order valence-corrected chi connectivity index (χ3v) is 6.31. The topological polar surface area (TPSA) is 110 Å². The first-order valence-corrected chi connectivity index (χ1v) is 12.6. The lowest BCUT2D eigenvalue weighted by Gasteiger charge is -2.32. The Morgan fingerprint density at radius 3 is 2.41 bits per heavy atom. The third kappa shape index (κ3) is 12.2. The molecule has 0 bridgehead atoms. The Morgan fingerprint density at radius 2 is 1.78 bits per heavy atom. The number of hydrogen-bond donors (Lipinski definition) is 2. The van der Waals surface area contributed by atoms with Gasteiger partial charge in [0.05, 0.1) is 20.5 Å². The second kappa shape index (κ2) is 14.7. The van der Waals surface area contributed by atoms with Crippen molar-refractivity contribution in [2.75, 3.05) is 33.9 Å². The maximum atomic E-state index is 12.2. The van der Waals surface area contributed by atoms with Gasteiger partial charge in [-0.25, -0.2) is 9.28 Å². The Hall–Kier alpha value is -2.97. The summed E-state index contributed by atoms with van der Waals surface area (Å²) in [7, 11) is 2.91. The SMILES string of the molecule is CC1=C(/C=C/C(C)=C\C=C\C(C)=C/COC(=O)COC(=O)[N+](C)(C)CC(O)CC(=O)O)C(C)(C)CCC1. The Bertz CT molecular complexity index is 980. The van der Waals surface area contributed by atoms with Crippen LogP contribution in [0.1, 0.15) is 60.3 Å². The number of amides is 1. The van der Waals surface area contributed by atoms with Crippen LogP contribution in [-0.4, -0.2) is 72.7 Å². The number of rotatable bonds is 12. The highest BCUT2D eigenvalue weighted by atomic mass is 16.6. The van der Waals surface area contributed by atoms with Gasteiger partial charge in [-0.05, 0) is 57.1 Å². The summed E-state index contributed by atoms with van der Waals surface area (Å²) < 4.78 is 9.61. The summed E-state index contributed by atoms with van der Waals surface area (Å²) in [6, 6.07) is 0. The fraction of sp³-hybridized carbons (Fsp3) is 0.552. The zero-order valence-electron chi connectivity index (χ0n) is 23.4. The minimum atomic E-state index is -1.21. The molecule has 1 rings (SSSR count). The van der Waals surface area contributed by atoms with Gasteiger partial charge in [-0.15, -0.1) is 0 Å². The molecule has 0 fully saturated rings. The summed E-state index contributed by atoms with van der Waals surface area (Å²) >= 11 is 0. The van der Waals surface area contributed by atoms with Crippen molar-refractivity contribution in [2.24, 2.45) is 5.41 Å². The molecule has 8 nitrogen and oxygen atoms in total. The molecule has 8 heteroatoms. The van der Waals surface area contributed by atoms with Crippen LogP contribution in [0.2, 0.25) is 0 Å². The predicted molar refractivity (Wildman–Crippen MR) is 144 cm³/mol. The van der Waals surface area contributed by atoms with Crippen molar-refractivity contribution >= 4 is 18.0 Å². The van der Waals surface area contributed by atoms with Crippen LogP contribution in [0.25, 0.3) is 0 Å². The molecule has 1 aliphatic rings. The minimum Gasteiger partial charge on any atom is -0.481 e. The number of carbonyl (C=O) groups excluding carboxylic acids is 2. The Labute approximate surface area is 221 Å². The molecule has 0 saturated heterocycles. The summed E-state index contributed by atoms with van der Waals surface area (Å²) in [4.78, 5) is 34.7. The van der Waals surface area contributed by atoms with Crippen LogP contribution in [0.3, 0.4) is 0 Å². The molecule has 0 saturated carbocycles. The molecule has 2 N–H and O–H groups in total. The second-order valence-corrected chi connectivity index (χ2v) is 10.8. The maximum Gasteiger partial charge on any atom is 0.516 e. The van der Waals surface area contributed by atoms with Gasteiger partial charge in [-0.2, -0.15) is 4.79 Å². The number of allylic oxidation sites excluding steroid dienone is 9. The molecule has 0 spiro atoms. The molecule has 206 valence electrons. The van der Waals surface area contributed by atoms with Crippen LogP contribution < -0.4 is 0 Å². The number of carboxylic acid groups (broad SMARTS) is 1. The van der Waals surface area contributed by atoms with E-state index in [1.807, 2.05) is 25.2 Å². The first-order chi connectivity index (χ1) is 17.1. The lowest BCUT2D eigenvalue weighted by molar-refractivity contribution is -0.820. The van der Waals surface area contributed by atoms with E-state index in [0.717, 1.165) is 11.1 Å². The molecule has 0 aromatic rings. The van der Waals surface area contributed by atoms with Gasteiger partial charge in [0, 0.05) is 0 Å². The normalized spacial score (nSPS) is 17.8. The zero-order chi connectivity index (χ0) is 28.2. The van der Waals surface area contributed by atoms with Crippen molar-refractivity contribution in [3.63, 3.8) is 0 Å². The van der Waals surface area contributed by atoms with Crippen molar-refractivity contribution in [3.8, 4) is 0 Å². The van der Waals surface area contributed by atoms with Crippen LogP contribution >= 0.6 is 0 Å². The Morgan fingerprint density at radius 1 is 1.11 bits per heavy atom. The molecule has 0 aromatic carbocycles. The number of likely N-dealkylation sites (N-methyl/N-ethyl adjacent to an activating group) is 1. The fourth-order valence-corrected chi connectivity index (χ4v) is 4.17. The van der Waals surface area contributed by atoms with Crippen molar-refractivity contribution < 1.29 is 38.6 Å². The second-order valence-electron chi connectivity index (χ2n) is 10.8. The van der Waals surface area contributed by atoms with Crippen LogP contribution in [0.5, 0.6) is 0 Å². The van der Waals surface area contributed by atoms with E-state index in [9.17, 15) is 19.5 Å². The average molecular weight is 519 g/mol. The third-order valence-electron chi connectivity index (χ3n) is 6.31. The van der Waals surface area contributed by atoms with E-state index in [1.54, 1.807) is 6.08 Å². The summed E-state index contributed by atoms with van der Waals surface area (Å²) in [6.45, 7) is 10.1. The summed E-state index contributed by atoms with van der Waals surface area (Å²) in [5.41, 5.74) is 5.16. The van der Waals surface area contributed by atoms with E-state index in [2.05, 4.69) is 39.8 Å². The van der Waals surface area contributed by atoms with Crippen molar-refractivity contribution in [2.45, 2.75) is 66.4 Å². The number of nitrogens with zero attached hydrogens (tertiary/aromatic N) is 1. The zero-order valence-corrected chi connectivity index (χ0v) is 23.4. The van der Waals surface area contributed by atoms with E-state index < -0.39 is 41.6 Å². The molecule has 1 unspecified atom stereocenters. The van der Waals surface area contributed by atoms with E-state index in [-0.39, 0.29) is 18.6 Å². The van der Waals surface area contributed by atoms with Gasteiger partial charge in [0.25, 0.3) is 0 Å². The van der Waals surface area contributed by atoms with Crippen molar-refractivity contribution in [1.29, 1.82) is 0 Å². The van der Waals surface area contributed by atoms with E-state index in [4.69, 9.17) is 14.6 Å². The Kier molecular flexibility index (Phi) is 12.7. The van der Waals surface area contributed by atoms with Gasteiger partial charge in [-0.3, -0.25) is 4.79 Å². The molecular weight excluding hydrogens is 474 g/mol. The van der Waals surface area contributed by atoms with Crippen molar-refractivity contribution in [1.82, 2.24) is 0 Å². The van der Waals surface area contributed by atoms with E-state index in [1.165, 1.54) is 44.5 Å². The molecule has 0 radical (unpaired) electrons. The van der Waals surface area contributed by atoms with Gasteiger partial charge in [-0.1, -0.05) is 60.9 Å². The molecule has 1 aliphatic carbocycles. The van der Waals surface area contributed by atoms with Gasteiger partial charge in [0.1, 0.15) is 19.3 Å². The predicted octanol–water partition coefficient (Wildman–Crippen LogP) is 5.11. The average Bonchev–Trinajstić information content (AvgIpc) is 2.75. The van der Waals surface area contributed by atoms with Crippen LogP contribution in [-0.2, 0) is 19.1 Å². The quantitative estimate of drug-likeness (QED) is 0.210. The number of quaternary nitrogens is 1. The van der Waals surface area contributed by atoms with Crippen LogP contribution in [0, 0.1) is 5.41 Å². The molecule has 0 heterocycles. The molecule has 1 atom stereocenters. The number of carboxylic acids is 1. The minimum absolute atomic E-state index is 0.0350. The summed E-state index contributed by atoms with van der Waals surface area (Å²) in [5.74, 6) is -1.87. The molecule has 1 amide bonds. The number of ether oxygens (including phenoxy) is 2. The van der Waals surface area contributed by atoms with Gasteiger partial charge in [0.2, 0.25) is 0 Å². The molecular formula is C29H44NO7+. The molecule has 0 aliphatic heterocycles. The first kappa shape index (κ1) is 32.1. The number of carbonyl (C=O) groups is 3. The van der Waals surface area contributed by atoms with Crippen LogP contribution in [0.15, 0.2) is 58.7 Å².